The van der Waals surface area contributed by atoms with E-state index in [1.54, 1.807) is 21.3 Å². The zero-order chi connectivity index (χ0) is 16.2. The lowest BCUT2D eigenvalue weighted by Crippen LogP contribution is -2.00. The minimum Gasteiger partial charge on any atom is -0.493 e. The molecule has 3 rings (SSSR count). The number of aromatic nitrogens is 1. The molecule has 2 aromatic carbocycles. The fourth-order valence-corrected chi connectivity index (χ4v) is 2.50. The molecule has 0 bridgehead atoms. The molecule has 0 fully saturated rings. The number of aromatic amines is 1. The Morgan fingerprint density at radius 2 is 1.61 bits per heavy atom. The molecule has 1 N–H and O–H groups in total. The molecule has 1 aromatic heterocycles. The summed E-state index contributed by atoms with van der Waals surface area (Å²) >= 11 is 0. The van der Waals surface area contributed by atoms with E-state index in [9.17, 15) is 0 Å². The number of hydrogen-bond donors (Lipinski definition) is 1. The van der Waals surface area contributed by atoms with E-state index in [1.165, 1.54) is 0 Å². The Balaban J connectivity index is 1.81. The van der Waals surface area contributed by atoms with Gasteiger partial charge in [0.05, 0.1) is 21.3 Å². The van der Waals surface area contributed by atoms with E-state index < -0.39 is 0 Å². The highest BCUT2D eigenvalue weighted by Gasteiger charge is 2.13. The third kappa shape index (κ3) is 3.04. The summed E-state index contributed by atoms with van der Waals surface area (Å²) < 4.78 is 21.9. The van der Waals surface area contributed by atoms with Gasteiger partial charge < -0.3 is 23.9 Å². The van der Waals surface area contributed by atoms with Gasteiger partial charge in [0.25, 0.3) is 0 Å². The quantitative estimate of drug-likeness (QED) is 0.752. The number of hydrogen-bond acceptors (Lipinski definition) is 4. The maximum absolute atomic E-state index is 5.87. The fourth-order valence-electron chi connectivity index (χ4n) is 2.50. The van der Waals surface area contributed by atoms with E-state index in [-0.39, 0.29) is 0 Å². The van der Waals surface area contributed by atoms with Crippen molar-refractivity contribution in [3.05, 3.63) is 48.2 Å². The van der Waals surface area contributed by atoms with Crippen LogP contribution < -0.4 is 18.9 Å². The van der Waals surface area contributed by atoms with Gasteiger partial charge in [0, 0.05) is 17.8 Å². The van der Waals surface area contributed by atoms with E-state index in [2.05, 4.69) is 4.98 Å². The second-order valence-electron chi connectivity index (χ2n) is 5.05. The summed E-state index contributed by atoms with van der Waals surface area (Å²) in [5.41, 5.74) is 1.98. The summed E-state index contributed by atoms with van der Waals surface area (Å²) in [6, 6.07) is 11.7. The number of ether oxygens (including phenoxy) is 4. The van der Waals surface area contributed by atoms with Gasteiger partial charge in [-0.15, -0.1) is 0 Å². The molecule has 0 atom stereocenters. The maximum atomic E-state index is 5.87. The van der Waals surface area contributed by atoms with Crippen molar-refractivity contribution in [1.82, 2.24) is 4.98 Å². The summed E-state index contributed by atoms with van der Waals surface area (Å²) in [6.45, 7) is 0.406. The first-order chi connectivity index (χ1) is 11.2. The van der Waals surface area contributed by atoms with Gasteiger partial charge in [0.2, 0.25) is 5.75 Å². The third-order valence-electron chi connectivity index (χ3n) is 3.66. The van der Waals surface area contributed by atoms with Crippen molar-refractivity contribution in [1.29, 1.82) is 0 Å². The molecule has 23 heavy (non-hydrogen) atoms. The summed E-state index contributed by atoms with van der Waals surface area (Å²) in [4.78, 5) is 3.17. The number of nitrogens with one attached hydrogen (secondary N) is 1. The Kier molecular flexibility index (Phi) is 4.28. The second-order valence-corrected chi connectivity index (χ2v) is 5.05. The summed E-state index contributed by atoms with van der Waals surface area (Å²) in [6.07, 6.45) is 1.91. The SMILES string of the molecule is COc1cc(COc2ccc3cc[nH]c3c2)cc(OC)c1OC. The molecule has 0 aliphatic carbocycles. The van der Waals surface area contributed by atoms with Gasteiger partial charge >= 0.3 is 0 Å². The fraction of sp³-hybridized carbons (Fsp3) is 0.222. The van der Waals surface area contributed by atoms with E-state index in [1.807, 2.05) is 42.6 Å². The molecule has 1 heterocycles. The largest absolute Gasteiger partial charge is 0.493 e. The van der Waals surface area contributed by atoms with Crippen molar-refractivity contribution in [3.8, 4) is 23.0 Å². The molecule has 0 unspecified atom stereocenters. The molecular formula is C18H19NO4. The smallest absolute Gasteiger partial charge is 0.203 e. The van der Waals surface area contributed by atoms with Crippen LogP contribution in [0.2, 0.25) is 0 Å². The molecule has 3 aromatic rings. The van der Waals surface area contributed by atoms with Crippen LogP contribution in [0, 0.1) is 0 Å². The van der Waals surface area contributed by atoms with E-state index in [0.717, 1.165) is 22.2 Å². The van der Waals surface area contributed by atoms with Crippen LogP contribution in [0.25, 0.3) is 10.9 Å². The van der Waals surface area contributed by atoms with Crippen LogP contribution in [-0.4, -0.2) is 26.3 Å². The van der Waals surface area contributed by atoms with Crippen LogP contribution in [0.15, 0.2) is 42.6 Å². The first-order valence-electron chi connectivity index (χ1n) is 7.24. The van der Waals surface area contributed by atoms with Crippen molar-refractivity contribution in [3.63, 3.8) is 0 Å². The van der Waals surface area contributed by atoms with Crippen molar-refractivity contribution in [2.75, 3.05) is 21.3 Å². The van der Waals surface area contributed by atoms with Crippen molar-refractivity contribution in [2.24, 2.45) is 0 Å². The van der Waals surface area contributed by atoms with E-state index in [4.69, 9.17) is 18.9 Å². The van der Waals surface area contributed by atoms with Crippen LogP contribution in [0.4, 0.5) is 0 Å². The minimum absolute atomic E-state index is 0.406. The van der Waals surface area contributed by atoms with Crippen LogP contribution in [0.1, 0.15) is 5.56 Å². The van der Waals surface area contributed by atoms with Crippen molar-refractivity contribution in [2.45, 2.75) is 6.61 Å². The molecule has 0 amide bonds. The Hall–Kier alpha value is -2.82. The highest BCUT2D eigenvalue weighted by atomic mass is 16.5. The van der Waals surface area contributed by atoms with Crippen molar-refractivity contribution < 1.29 is 18.9 Å². The Morgan fingerprint density at radius 3 is 2.26 bits per heavy atom. The number of methoxy groups -OCH3 is 3. The first kappa shape index (κ1) is 15.1. The summed E-state index contributed by atoms with van der Waals surface area (Å²) in [5.74, 6) is 2.61. The number of rotatable bonds is 6. The lowest BCUT2D eigenvalue weighted by atomic mass is 10.2. The number of H-pyrrole nitrogens is 1. The average molecular weight is 313 g/mol. The van der Waals surface area contributed by atoms with E-state index >= 15 is 0 Å². The zero-order valence-electron chi connectivity index (χ0n) is 13.4. The highest BCUT2D eigenvalue weighted by Crippen LogP contribution is 2.38. The molecule has 120 valence electrons. The van der Waals surface area contributed by atoms with Gasteiger partial charge in [-0.1, -0.05) is 0 Å². The monoisotopic (exact) mass is 313 g/mol. The molecule has 0 aliphatic rings. The number of benzene rings is 2. The predicted octanol–water partition coefficient (Wildman–Crippen LogP) is 3.77. The second kappa shape index (κ2) is 6.52. The summed E-state index contributed by atoms with van der Waals surface area (Å²) in [5, 5.41) is 1.16. The standard InChI is InChI=1S/C18H19NO4/c1-20-16-8-12(9-17(21-2)18(16)22-3)11-23-14-5-4-13-6-7-19-15(13)10-14/h4-10,19H,11H2,1-3H3. The van der Waals surface area contributed by atoms with Gasteiger partial charge in [0.15, 0.2) is 11.5 Å². The maximum Gasteiger partial charge on any atom is 0.203 e. The average Bonchev–Trinajstić information content (AvgIpc) is 3.06. The molecular weight excluding hydrogens is 294 g/mol. The lowest BCUT2D eigenvalue weighted by molar-refractivity contribution is 0.299. The lowest BCUT2D eigenvalue weighted by Gasteiger charge is -2.14. The summed E-state index contributed by atoms with van der Waals surface area (Å²) in [7, 11) is 4.78. The number of fused-ring (bicyclic) bond motifs is 1. The zero-order valence-corrected chi connectivity index (χ0v) is 13.4. The van der Waals surface area contributed by atoms with Crippen molar-refractivity contribution >= 4 is 10.9 Å². The normalized spacial score (nSPS) is 10.6. The van der Waals surface area contributed by atoms with Crippen LogP contribution >= 0.6 is 0 Å². The van der Waals surface area contributed by atoms with Gasteiger partial charge in [-0.3, -0.25) is 0 Å². The topological polar surface area (TPSA) is 52.7 Å². The van der Waals surface area contributed by atoms with Gasteiger partial charge in [-0.25, -0.2) is 0 Å². The van der Waals surface area contributed by atoms with Crippen LogP contribution in [-0.2, 0) is 6.61 Å². The van der Waals surface area contributed by atoms with Gasteiger partial charge in [-0.2, -0.15) is 0 Å². The molecule has 0 spiro atoms. The first-order valence-corrected chi connectivity index (χ1v) is 7.24. The molecule has 0 radical (unpaired) electrons. The van der Waals surface area contributed by atoms with Crippen LogP contribution in [0.3, 0.4) is 0 Å². The Labute approximate surface area is 134 Å². The van der Waals surface area contributed by atoms with Gasteiger partial charge in [-0.05, 0) is 41.3 Å². The predicted molar refractivity (Wildman–Crippen MR) is 88.7 cm³/mol. The third-order valence-corrected chi connectivity index (χ3v) is 3.66. The minimum atomic E-state index is 0.406. The molecule has 0 aliphatic heterocycles. The highest BCUT2D eigenvalue weighted by molar-refractivity contribution is 5.80. The molecule has 0 saturated heterocycles. The Morgan fingerprint density at radius 1 is 0.870 bits per heavy atom. The molecule has 5 heteroatoms. The Bertz CT molecular complexity index is 785. The van der Waals surface area contributed by atoms with E-state index in [0.29, 0.717) is 23.9 Å². The molecule has 0 saturated carbocycles. The van der Waals surface area contributed by atoms with Gasteiger partial charge in [0.1, 0.15) is 12.4 Å². The molecule has 5 nitrogen and oxygen atoms in total. The van der Waals surface area contributed by atoms with Crippen LogP contribution in [0.5, 0.6) is 23.0 Å².